The largest absolute Gasteiger partial charge is 0.480 e. The van der Waals surface area contributed by atoms with Crippen LogP contribution in [0, 0.1) is 0 Å². The molecule has 1 atom stereocenters. The fourth-order valence-corrected chi connectivity index (χ4v) is 2.95. The summed E-state index contributed by atoms with van der Waals surface area (Å²) in [5.74, 6) is -0.618. The fraction of sp³-hybridized carbons (Fsp3) is 0.400. The zero-order chi connectivity index (χ0) is 16.4. The Hall–Kier alpha value is -2.35. The van der Waals surface area contributed by atoms with Crippen molar-refractivity contribution in [2.45, 2.75) is 32.0 Å². The highest BCUT2D eigenvalue weighted by Gasteiger charge is 2.33. The number of aromatic nitrogens is 3. The molecule has 0 radical (unpaired) electrons. The number of nitrogens with zero attached hydrogens (tertiary/aromatic N) is 4. The van der Waals surface area contributed by atoms with Gasteiger partial charge in [0.1, 0.15) is 24.7 Å². The number of aliphatic carboxylic acids is 1. The van der Waals surface area contributed by atoms with Gasteiger partial charge in [0.25, 0.3) is 6.43 Å². The average molecular weight is 322 g/mol. The van der Waals surface area contributed by atoms with E-state index in [0.717, 1.165) is 15.8 Å². The van der Waals surface area contributed by atoms with Gasteiger partial charge in [0, 0.05) is 6.54 Å². The predicted molar refractivity (Wildman–Crippen MR) is 77.0 cm³/mol. The maximum absolute atomic E-state index is 12.6. The molecule has 0 spiro atoms. The molecule has 0 fully saturated rings. The molecule has 2 heterocycles. The highest BCUT2D eigenvalue weighted by Crippen LogP contribution is 2.30. The van der Waals surface area contributed by atoms with Crippen molar-refractivity contribution in [1.82, 2.24) is 19.7 Å². The number of rotatable bonds is 5. The van der Waals surface area contributed by atoms with Gasteiger partial charge >= 0.3 is 5.97 Å². The molecule has 0 bridgehead atoms. The van der Waals surface area contributed by atoms with Gasteiger partial charge in [-0.05, 0) is 17.5 Å². The molecular weight excluding hydrogens is 306 g/mol. The maximum Gasteiger partial charge on any atom is 0.325 e. The third-order valence-electron chi connectivity index (χ3n) is 3.97. The summed E-state index contributed by atoms with van der Waals surface area (Å²) >= 11 is 0. The van der Waals surface area contributed by atoms with Gasteiger partial charge in [-0.15, -0.1) is 0 Å². The molecule has 1 unspecified atom stereocenters. The van der Waals surface area contributed by atoms with Crippen molar-refractivity contribution in [3.05, 3.63) is 47.5 Å². The van der Waals surface area contributed by atoms with Crippen LogP contribution in [-0.4, -0.2) is 43.7 Å². The summed E-state index contributed by atoms with van der Waals surface area (Å²) in [6, 6.07) is 6.59. The first-order chi connectivity index (χ1) is 11.1. The summed E-state index contributed by atoms with van der Waals surface area (Å²) in [7, 11) is 0. The Labute approximate surface area is 131 Å². The molecule has 8 heteroatoms. The van der Waals surface area contributed by atoms with Crippen LogP contribution >= 0.6 is 0 Å². The van der Waals surface area contributed by atoms with Crippen LogP contribution in [0.4, 0.5) is 8.78 Å². The lowest BCUT2D eigenvalue weighted by Crippen LogP contribution is -2.40. The van der Waals surface area contributed by atoms with E-state index in [9.17, 15) is 18.7 Å². The van der Waals surface area contributed by atoms with E-state index in [-0.39, 0.29) is 6.54 Å². The zero-order valence-electron chi connectivity index (χ0n) is 12.3. The lowest BCUT2D eigenvalue weighted by molar-refractivity contribution is -0.144. The van der Waals surface area contributed by atoms with E-state index in [1.54, 1.807) is 17.0 Å². The summed E-state index contributed by atoms with van der Waals surface area (Å²) in [6.45, 7) is 0.144. The van der Waals surface area contributed by atoms with Gasteiger partial charge in [-0.25, -0.2) is 18.4 Å². The Morgan fingerprint density at radius 1 is 1.39 bits per heavy atom. The van der Waals surface area contributed by atoms with Crippen LogP contribution < -0.4 is 0 Å². The Kier molecular flexibility index (Phi) is 4.33. The molecule has 1 aliphatic rings. The van der Waals surface area contributed by atoms with Crippen molar-refractivity contribution >= 4 is 5.97 Å². The van der Waals surface area contributed by atoms with Crippen LogP contribution in [0.3, 0.4) is 0 Å². The zero-order valence-corrected chi connectivity index (χ0v) is 12.3. The molecule has 0 amide bonds. The monoisotopic (exact) mass is 322 g/mol. The average Bonchev–Trinajstić information content (AvgIpc) is 2.93. The molecule has 0 saturated heterocycles. The number of carbonyl (C=O) groups is 1. The molecule has 1 aromatic carbocycles. The van der Waals surface area contributed by atoms with Gasteiger partial charge in [0.15, 0.2) is 0 Å². The van der Waals surface area contributed by atoms with Gasteiger partial charge in [0.05, 0.1) is 6.54 Å². The number of alkyl halides is 2. The van der Waals surface area contributed by atoms with Crippen LogP contribution in [0.25, 0.3) is 0 Å². The fourth-order valence-electron chi connectivity index (χ4n) is 2.95. The van der Waals surface area contributed by atoms with E-state index in [2.05, 4.69) is 10.1 Å². The van der Waals surface area contributed by atoms with Crippen molar-refractivity contribution in [2.75, 3.05) is 6.54 Å². The van der Waals surface area contributed by atoms with Crippen molar-refractivity contribution in [2.24, 2.45) is 0 Å². The van der Waals surface area contributed by atoms with Crippen LogP contribution in [0.1, 0.15) is 23.0 Å². The molecule has 23 heavy (non-hydrogen) atoms. The van der Waals surface area contributed by atoms with Crippen molar-refractivity contribution < 1.29 is 18.7 Å². The third-order valence-corrected chi connectivity index (χ3v) is 3.97. The Balaban J connectivity index is 1.86. The van der Waals surface area contributed by atoms with Gasteiger partial charge in [-0.2, -0.15) is 5.10 Å². The molecule has 6 nitrogen and oxygen atoms in total. The SMILES string of the molecule is O=C(O)C1c2ccccc2CCN1Cc1ncnn1CC(F)F. The van der Waals surface area contributed by atoms with Gasteiger partial charge < -0.3 is 5.11 Å². The minimum Gasteiger partial charge on any atom is -0.480 e. The van der Waals surface area contributed by atoms with Crippen LogP contribution in [0.5, 0.6) is 0 Å². The Morgan fingerprint density at radius 2 is 2.17 bits per heavy atom. The third kappa shape index (κ3) is 3.21. The second kappa shape index (κ2) is 6.41. The lowest BCUT2D eigenvalue weighted by atomic mass is 9.92. The van der Waals surface area contributed by atoms with Crippen molar-refractivity contribution in [1.29, 1.82) is 0 Å². The second-order valence-electron chi connectivity index (χ2n) is 5.41. The number of benzene rings is 1. The van der Waals surface area contributed by atoms with E-state index in [4.69, 9.17) is 0 Å². The van der Waals surface area contributed by atoms with Gasteiger partial charge in [-0.3, -0.25) is 9.69 Å². The molecule has 0 aliphatic carbocycles. The second-order valence-corrected chi connectivity index (χ2v) is 5.41. The summed E-state index contributed by atoms with van der Waals surface area (Å²) in [5, 5.41) is 13.4. The molecule has 122 valence electrons. The number of halogens is 2. The summed E-state index contributed by atoms with van der Waals surface area (Å²) in [4.78, 5) is 17.4. The first-order valence-electron chi connectivity index (χ1n) is 7.25. The number of hydrogen-bond acceptors (Lipinski definition) is 4. The summed E-state index contributed by atoms with van der Waals surface area (Å²) < 4.78 is 26.3. The lowest BCUT2D eigenvalue weighted by Gasteiger charge is -2.34. The molecule has 1 N–H and O–H groups in total. The number of hydrogen-bond donors (Lipinski definition) is 1. The molecule has 1 aromatic heterocycles. The van der Waals surface area contributed by atoms with Gasteiger partial charge in [0.2, 0.25) is 0 Å². The van der Waals surface area contributed by atoms with Crippen LogP contribution in [-0.2, 0) is 24.3 Å². The molecule has 3 rings (SSSR count). The number of fused-ring (bicyclic) bond motifs is 1. The van der Waals surface area contributed by atoms with Crippen molar-refractivity contribution in [3.63, 3.8) is 0 Å². The van der Waals surface area contributed by atoms with E-state index in [0.29, 0.717) is 18.8 Å². The maximum atomic E-state index is 12.6. The Bertz CT molecular complexity index is 704. The van der Waals surface area contributed by atoms with E-state index in [1.807, 2.05) is 12.1 Å². The summed E-state index contributed by atoms with van der Waals surface area (Å²) in [5.41, 5.74) is 1.75. The smallest absolute Gasteiger partial charge is 0.325 e. The van der Waals surface area contributed by atoms with Gasteiger partial charge in [-0.1, -0.05) is 24.3 Å². The predicted octanol–water partition coefficient (Wildman–Crippen LogP) is 1.73. The van der Waals surface area contributed by atoms with Crippen LogP contribution in [0.2, 0.25) is 0 Å². The molecule has 0 saturated carbocycles. The highest BCUT2D eigenvalue weighted by atomic mass is 19.3. The molecule has 1 aliphatic heterocycles. The highest BCUT2D eigenvalue weighted by molar-refractivity contribution is 5.76. The minimum atomic E-state index is -2.53. The molecular formula is C15H16F2N4O2. The minimum absolute atomic E-state index is 0.165. The Morgan fingerprint density at radius 3 is 2.91 bits per heavy atom. The van der Waals surface area contributed by atoms with Crippen molar-refractivity contribution in [3.8, 4) is 0 Å². The van der Waals surface area contributed by atoms with Crippen LogP contribution in [0.15, 0.2) is 30.6 Å². The van der Waals surface area contributed by atoms with E-state index < -0.39 is 25.0 Å². The van der Waals surface area contributed by atoms with E-state index >= 15 is 0 Å². The molecule has 2 aromatic rings. The topological polar surface area (TPSA) is 71.2 Å². The first kappa shape index (κ1) is 15.5. The standard InChI is InChI=1S/C15H16F2N4O2/c16-12(17)7-21-13(18-9-19-21)8-20-6-5-10-3-1-2-4-11(10)14(20)15(22)23/h1-4,9,12,14H,5-8H2,(H,22,23). The number of carboxylic acids is 1. The normalized spacial score (nSPS) is 18.1. The summed E-state index contributed by atoms with van der Waals surface area (Å²) in [6.07, 6.45) is -0.610. The first-order valence-corrected chi connectivity index (χ1v) is 7.25. The number of carboxylic acid groups (broad SMARTS) is 1. The quantitative estimate of drug-likeness (QED) is 0.908. The van der Waals surface area contributed by atoms with E-state index in [1.165, 1.54) is 6.33 Å².